The molecule has 1 aliphatic carbocycles. The number of esters is 2. The molecule has 0 aromatic heterocycles. The summed E-state index contributed by atoms with van der Waals surface area (Å²) >= 11 is 6.22. The maximum absolute atomic E-state index is 12.9. The molecular formula is C21H24ClNO5. The molecule has 7 heteroatoms. The van der Waals surface area contributed by atoms with Crippen molar-refractivity contribution in [1.29, 1.82) is 0 Å². The van der Waals surface area contributed by atoms with Gasteiger partial charge in [0.2, 0.25) is 0 Å². The van der Waals surface area contributed by atoms with Crippen molar-refractivity contribution in [2.75, 3.05) is 40.5 Å². The smallest absolute Gasteiger partial charge is 0.334 e. The van der Waals surface area contributed by atoms with E-state index in [0.717, 1.165) is 16.8 Å². The molecule has 0 saturated carbocycles. The second kappa shape index (κ2) is 8.80. The SMILES string of the molecule is COC(=O)C1=C(C)C=C(N2CCOCC2)C(C(=O)OC)C1c1cccc(Cl)c1. The molecule has 1 aromatic carbocycles. The van der Waals surface area contributed by atoms with Crippen LogP contribution in [0.5, 0.6) is 0 Å². The molecule has 0 N–H and O–H groups in total. The molecule has 1 fully saturated rings. The first-order valence-corrected chi connectivity index (χ1v) is 9.52. The van der Waals surface area contributed by atoms with E-state index in [4.69, 9.17) is 25.8 Å². The maximum atomic E-state index is 12.9. The van der Waals surface area contributed by atoms with E-state index in [-0.39, 0.29) is 0 Å². The van der Waals surface area contributed by atoms with E-state index in [2.05, 4.69) is 4.90 Å². The Hall–Kier alpha value is -2.31. The van der Waals surface area contributed by atoms with Gasteiger partial charge in [0.25, 0.3) is 0 Å². The molecule has 2 atom stereocenters. The van der Waals surface area contributed by atoms with Crippen LogP contribution in [0, 0.1) is 5.92 Å². The van der Waals surface area contributed by atoms with Gasteiger partial charge in [-0.15, -0.1) is 0 Å². The zero-order valence-corrected chi connectivity index (χ0v) is 17.0. The molecule has 1 aromatic rings. The molecule has 28 heavy (non-hydrogen) atoms. The summed E-state index contributed by atoms with van der Waals surface area (Å²) in [5.74, 6) is -2.11. The summed E-state index contributed by atoms with van der Waals surface area (Å²) in [5, 5.41) is 0.533. The molecule has 6 nitrogen and oxygen atoms in total. The Morgan fingerprint density at radius 2 is 1.89 bits per heavy atom. The summed E-state index contributed by atoms with van der Waals surface area (Å²) in [5.41, 5.74) is 2.79. The average molecular weight is 406 g/mol. The summed E-state index contributed by atoms with van der Waals surface area (Å²) in [6, 6.07) is 7.21. The second-order valence-corrected chi connectivity index (χ2v) is 7.23. The number of ether oxygens (including phenoxy) is 3. The van der Waals surface area contributed by atoms with E-state index < -0.39 is 23.8 Å². The third-order valence-corrected chi connectivity index (χ3v) is 5.43. The lowest BCUT2D eigenvalue weighted by Crippen LogP contribution is -2.43. The third kappa shape index (κ3) is 3.93. The van der Waals surface area contributed by atoms with E-state index in [9.17, 15) is 9.59 Å². The third-order valence-electron chi connectivity index (χ3n) is 5.20. The Kier molecular flexibility index (Phi) is 6.42. The number of rotatable bonds is 4. The minimum absolute atomic E-state index is 0.406. The number of carbonyl (C=O) groups is 2. The predicted molar refractivity (Wildman–Crippen MR) is 105 cm³/mol. The number of hydrogen-bond acceptors (Lipinski definition) is 6. The van der Waals surface area contributed by atoms with Crippen molar-refractivity contribution < 1.29 is 23.8 Å². The monoisotopic (exact) mass is 405 g/mol. The number of nitrogens with zero attached hydrogens (tertiary/aromatic N) is 1. The molecule has 0 radical (unpaired) electrons. The van der Waals surface area contributed by atoms with Gasteiger partial charge in [-0.05, 0) is 36.3 Å². The Bertz CT molecular complexity index is 826. The van der Waals surface area contributed by atoms with E-state index in [1.165, 1.54) is 14.2 Å². The van der Waals surface area contributed by atoms with Crippen molar-refractivity contribution in [3.63, 3.8) is 0 Å². The van der Waals surface area contributed by atoms with Crippen molar-refractivity contribution >= 4 is 23.5 Å². The summed E-state index contributed by atoms with van der Waals surface area (Å²) in [4.78, 5) is 27.7. The fourth-order valence-electron chi connectivity index (χ4n) is 3.92. The number of benzene rings is 1. The van der Waals surface area contributed by atoms with Crippen LogP contribution in [-0.2, 0) is 23.8 Å². The molecule has 0 amide bonds. The first-order chi connectivity index (χ1) is 13.5. The molecule has 1 heterocycles. The van der Waals surface area contributed by atoms with Crippen LogP contribution in [0.15, 0.2) is 47.2 Å². The Morgan fingerprint density at radius 1 is 1.18 bits per heavy atom. The van der Waals surface area contributed by atoms with Gasteiger partial charge >= 0.3 is 11.9 Å². The highest BCUT2D eigenvalue weighted by Gasteiger charge is 2.44. The first-order valence-electron chi connectivity index (χ1n) is 9.14. The van der Waals surface area contributed by atoms with E-state index in [1.54, 1.807) is 12.1 Å². The molecule has 0 spiro atoms. The van der Waals surface area contributed by atoms with Gasteiger partial charge in [-0.2, -0.15) is 0 Å². The zero-order chi connectivity index (χ0) is 20.3. The van der Waals surface area contributed by atoms with Crippen LogP contribution in [0.3, 0.4) is 0 Å². The normalized spacial score (nSPS) is 22.6. The molecular weight excluding hydrogens is 382 g/mol. The van der Waals surface area contributed by atoms with Gasteiger partial charge in [0.1, 0.15) is 5.92 Å². The fraction of sp³-hybridized carbons (Fsp3) is 0.429. The molecule has 2 unspecified atom stereocenters. The van der Waals surface area contributed by atoms with Gasteiger partial charge < -0.3 is 19.1 Å². The van der Waals surface area contributed by atoms with Crippen molar-refractivity contribution in [1.82, 2.24) is 4.90 Å². The highest BCUT2D eigenvalue weighted by atomic mass is 35.5. The number of halogens is 1. The van der Waals surface area contributed by atoms with Crippen LogP contribution in [-0.4, -0.2) is 57.4 Å². The van der Waals surface area contributed by atoms with Gasteiger partial charge in [-0.3, -0.25) is 4.79 Å². The fourth-order valence-corrected chi connectivity index (χ4v) is 4.12. The number of morpholine rings is 1. The van der Waals surface area contributed by atoms with Crippen molar-refractivity contribution in [2.45, 2.75) is 12.8 Å². The quantitative estimate of drug-likeness (QED) is 0.717. The Morgan fingerprint density at radius 3 is 2.50 bits per heavy atom. The van der Waals surface area contributed by atoms with E-state index in [0.29, 0.717) is 36.9 Å². The molecule has 1 saturated heterocycles. The van der Waals surface area contributed by atoms with Crippen LogP contribution in [0.1, 0.15) is 18.4 Å². The molecule has 1 aliphatic heterocycles. The van der Waals surface area contributed by atoms with Gasteiger partial charge in [0, 0.05) is 35.3 Å². The predicted octanol–water partition coefficient (Wildman–Crippen LogP) is 2.93. The van der Waals surface area contributed by atoms with Gasteiger partial charge in [0.15, 0.2) is 0 Å². The van der Waals surface area contributed by atoms with Crippen LogP contribution >= 0.6 is 11.6 Å². The van der Waals surface area contributed by atoms with Crippen molar-refractivity contribution in [3.8, 4) is 0 Å². The summed E-state index contributed by atoms with van der Waals surface area (Å²) in [6.45, 7) is 4.36. The van der Waals surface area contributed by atoms with Gasteiger partial charge in [-0.1, -0.05) is 23.7 Å². The summed E-state index contributed by atoms with van der Waals surface area (Å²) in [7, 11) is 2.70. The largest absolute Gasteiger partial charge is 0.468 e. The first kappa shape index (κ1) is 20.4. The van der Waals surface area contributed by atoms with Crippen LogP contribution in [0.2, 0.25) is 5.02 Å². The standard InChI is InChI=1S/C21H24ClNO5/c1-13-11-16(23-7-9-28-10-8-23)19(21(25)27-3)18(17(13)20(24)26-2)14-5-4-6-15(22)12-14/h4-6,11-12,18-19H,7-10H2,1-3H3. The summed E-state index contributed by atoms with van der Waals surface area (Å²) < 4.78 is 15.6. The van der Waals surface area contributed by atoms with Crippen molar-refractivity contribution in [3.05, 3.63) is 57.8 Å². The van der Waals surface area contributed by atoms with Crippen LogP contribution in [0.25, 0.3) is 0 Å². The highest BCUT2D eigenvalue weighted by molar-refractivity contribution is 6.30. The molecule has 0 bridgehead atoms. The maximum Gasteiger partial charge on any atom is 0.334 e. The van der Waals surface area contributed by atoms with Crippen molar-refractivity contribution in [2.24, 2.45) is 5.92 Å². The number of methoxy groups -OCH3 is 2. The average Bonchev–Trinajstić information content (AvgIpc) is 2.72. The summed E-state index contributed by atoms with van der Waals surface area (Å²) in [6.07, 6.45) is 1.89. The van der Waals surface area contributed by atoms with Gasteiger partial charge in [-0.25, -0.2) is 4.79 Å². The minimum Gasteiger partial charge on any atom is -0.468 e. The highest BCUT2D eigenvalue weighted by Crippen LogP contribution is 2.44. The van der Waals surface area contributed by atoms with E-state index in [1.807, 2.05) is 25.1 Å². The Balaban J connectivity index is 2.19. The number of carbonyl (C=O) groups excluding carboxylic acids is 2. The lowest BCUT2D eigenvalue weighted by atomic mass is 9.73. The van der Waals surface area contributed by atoms with Crippen LogP contribution in [0.4, 0.5) is 0 Å². The number of allylic oxidation sites excluding steroid dienone is 2. The lowest BCUT2D eigenvalue weighted by Gasteiger charge is -2.40. The van der Waals surface area contributed by atoms with E-state index >= 15 is 0 Å². The molecule has 2 aliphatic rings. The molecule has 150 valence electrons. The molecule has 3 rings (SSSR count). The minimum atomic E-state index is -0.681. The topological polar surface area (TPSA) is 65.1 Å². The second-order valence-electron chi connectivity index (χ2n) is 6.79. The van der Waals surface area contributed by atoms with Crippen LogP contribution < -0.4 is 0 Å². The number of hydrogen-bond donors (Lipinski definition) is 0. The Labute approximate surface area is 169 Å². The lowest BCUT2D eigenvalue weighted by molar-refractivity contribution is -0.145. The zero-order valence-electron chi connectivity index (χ0n) is 16.2. The van der Waals surface area contributed by atoms with Gasteiger partial charge in [0.05, 0.1) is 27.4 Å².